The Bertz CT molecular complexity index is 824. The SMILES string of the molecule is CC[C@@H](C)NC(=O)C(=O)N/N=C\c1ccccc1OCc1cccc(F)c1. The summed E-state index contributed by atoms with van der Waals surface area (Å²) in [5.41, 5.74) is 3.48. The highest BCUT2D eigenvalue weighted by molar-refractivity contribution is 6.35. The monoisotopic (exact) mass is 371 g/mol. The van der Waals surface area contributed by atoms with Gasteiger partial charge in [0, 0.05) is 11.6 Å². The van der Waals surface area contributed by atoms with Crippen LogP contribution in [0.15, 0.2) is 53.6 Å². The van der Waals surface area contributed by atoms with Crippen LogP contribution in [-0.2, 0) is 16.2 Å². The molecule has 1 atom stereocenters. The summed E-state index contributed by atoms with van der Waals surface area (Å²) in [6.07, 6.45) is 2.10. The van der Waals surface area contributed by atoms with E-state index in [0.717, 1.165) is 6.42 Å². The van der Waals surface area contributed by atoms with Gasteiger partial charge < -0.3 is 10.1 Å². The predicted octanol–water partition coefficient (Wildman–Crippen LogP) is 2.77. The normalized spacial score (nSPS) is 11.8. The Kier molecular flexibility index (Phi) is 7.49. The number of nitrogens with zero attached hydrogens (tertiary/aromatic N) is 1. The van der Waals surface area contributed by atoms with Crippen LogP contribution in [-0.4, -0.2) is 24.1 Å². The number of rotatable bonds is 7. The fourth-order valence-electron chi connectivity index (χ4n) is 2.11. The first-order valence-corrected chi connectivity index (χ1v) is 8.59. The molecule has 2 N–H and O–H groups in total. The maximum atomic E-state index is 13.2. The number of hydrogen-bond acceptors (Lipinski definition) is 4. The molecular formula is C20H22FN3O3. The van der Waals surface area contributed by atoms with E-state index in [-0.39, 0.29) is 18.5 Å². The molecule has 0 unspecified atom stereocenters. The third-order valence-corrected chi connectivity index (χ3v) is 3.77. The fraction of sp³-hybridized carbons (Fsp3) is 0.250. The van der Waals surface area contributed by atoms with E-state index in [0.29, 0.717) is 16.9 Å². The van der Waals surface area contributed by atoms with Gasteiger partial charge in [-0.1, -0.05) is 31.2 Å². The number of hydrogen-bond donors (Lipinski definition) is 2. The second-order valence-electron chi connectivity index (χ2n) is 5.94. The van der Waals surface area contributed by atoms with Crippen molar-refractivity contribution in [3.8, 4) is 5.75 Å². The Morgan fingerprint density at radius 1 is 1.19 bits per heavy atom. The molecule has 2 aromatic rings. The van der Waals surface area contributed by atoms with Gasteiger partial charge in [0.05, 0.1) is 6.21 Å². The number of benzene rings is 2. The number of hydrazone groups is 1. The first-order valence-electron chi connectivity index (χ1n) is 8.59. The molecule has 0 saturated heterocycles. The highest BCUT2D eigenvalue weighted by atomic mass is 19.1. The van der Waals surface area contributed by atoms with E-state index in [1.165, 1.54) is 18.3 Å². The molecule has 2 aromatic carbocycles. The smallest absolute Gasteiger partial charge is 0.329 e. The highest BCUT2D eigenvalue weighted by Gasteiger charge is 2.14. The van der Waals surface area contributed by atoms with Crippen LogP contribution in [0.3, 0.4) is 0 Å². The number of nitrogens with one attached hydrogen (secondary N) is 2. The molecule has 0 spiro atoms. The summed E-state index contributed by atoms with van der Waals surface area (Å²) in [4.78, 5) is 23.4. The third-order valence-electron chi connectivity index (χ3n) is 3.77. The zero-order valence-electron chi connectivity index (χ0n) is 15.2. The average Bonchev–Trinajstić information content (AvgIpc) is 2.67. The molecule has 0 bridgehead atoms. The summed E-state index contributed by atoms with van der Waals surface area (Å²) in [7, 11) is 0. The lowest BCUT2D eigenvalue weighted by atomic mass is 10.2. The Morgan fingerprint density at radius 3 is 2.70 bits per heavy atom. The van der Waals surface area contributed by atoms with Crippen LogP contribution in [0.4, 0.5) is 4.39 Å². The van der Waals surface area contributed by atoms with Crippen LogP contribution >= 0.6 is 0 Å². The molecule has 6 nitrogen and oxygen atoms in total. The molecule has 7 heteroatoms. The minimum atomic E-state index is -0.843. The first kappa shape index (κ1) is 20.1. The molecule has 0 aliphatic rings. The molecule has 0 radical (unpaired) electrons. The standard InChI is InChI=1S/C20H22FN3O3/c1-3-14(2)23-19(25)20(26)24-22-12-16-8-4-5-10-18(16)27-13-15-7-6-9-17(21)11-15/h4-12,14H,3,13H2,1-2H3,(H,23,25)(H,24,26)/b22-12-/t14-/m1/s1. The Labute approximate surface area is 157 Å². The van der Waals surface area contributed by atoms with Crippen molar-refractivity contribution in [1.29, 1.82) is 0 Å². The van der Waals surface area contributed by atoms with Gasteiger partial charge in [-0.3, -0.25) is 9.59 Å². The molecular weight excluding hydrogens is 349 g/mol. The molecule has 0 aliphatic heterocycles. The van der Waals surface area contributed by atoms with Crippen molar-refractivity contribution in [2.24, 2.45) is 5.10 Å². The van der Waals surface area contributed by atoms with Crippen LogP contribution < -0.4 is 15.5 Å². The van der Waals surface area contributed by atoms with E-state index in [1.54, 1.807) is 43.3 Å². The summed E-state index contributed by atoms with van der Waals surface area (Å²) >= 11 is 0. The number of ether oxygens (including phenoxy) is 1. The van der Waals surface area contributed by atoms with Crippen molar-refractivity contribution >= 4 is 18.0 Å². The van der Waals surface area contributed by atoms with E-state index < -0.39 is 11.8 Å². The maximum absolute atomic E-state index is 13.2. The van der Waals surface area contributed by atoms with Crippen molar-refractivity contribution in [1.82, 2.24) is 10.7 Å². The second kappa shape index (κ2) is 10.1. The van der Waals surface area contributed by atoms with Gasteiger partial charge in [0.15, 0.2) is 0 Å². The topological polar surface area (TPSA) is 79.8 Å². The molecule has 0 fully saturated rings. The maximum Gasteiger partial charge on any atom is 0.329 e. The van der Waals surface area contributed by atoms with Gasteiger partial charge in [-0.15, -0.1) is 0 Å². The summed E-state index contributed by atoms with van der Waals surface area (Å²) in [5, 5.41) is 6.35. The molecule has 0 saturated carbocycles. The number of carbonyl (C=O) groups excluding carboxylic acids is 2. The van der Waals surface area contributed by atoms with Crippen LogP contribution in [0.5, 0.6) is 5.75 Å². The third kappa shape index (κ3) is 6.54. The Balaban J connectivity index is 1.95. The summed E-state index contributed by atoms with van der Waals surface area (Å²) in [6.45, 7) is 3.90. The van der Waals surface area contributed by atoms with Gasteiger partial charge in [-0.2, -0.15) is 5.10 Å². The van der Waals surface area contributed by atoms with Gasteiger partial charge in [0.25, 0.3) is 0 Å². The minimum Gasteiger partial charge on any atom is -0.488 e. The molecule has 0 heterocycles. The molecule has 27 heavy (non-hydrogen) atoms. The van der Waals surface area contributed by atoms with E-state index in [9.17, 15) is 14.0 Å². The van der Waals surface area contributed by atoms with Gasteiger partial charge in [0.1, 0.15) is 18.2 Å². The average molecular weight is 371 g/mol. The first-order chi connectivity index (χ1) is 13.0. The van der Waals surface area contributed by atoms with E-state index >= 15 is 0 Å². The van der Waals surface area contributed by atoms with Crippen molar-refractivity contribution in [3.05, 3.63) is 65.5 Å². The molecule has 2 amide bonds. The summed E-state index contributed by atoms with van der Waals surface area (Å²) in [6, 6.07) is 13.1. The summed E-state index contributed by atoms with van der Waals surface area (Å²) < 4.78 is 18.9. The molecule has 0 aromatic heterocycles. The quantitative estimate of drug-likeness (QED) is 0.446. The number of para-hydroxylation sites is 1. The lowest BCUT2D eigenvalue weighted by molar-refractivity contribution is -0.139. The van der Waals surface area contributed by atoms with Crippen molar-refractivity contribution in [3.63, 3.8) is 0 Å². The van der Waals surface area contributed by atoms with E-state index in [4.69, 9.17) is 4.74 Å². The zero-order valence-corrected chi connectivity index (χ0v) is 15.2. The summed E-state index contributed by atoms with van der Waals surface area (Å²) in [5.74, 6) is -1.39. The van der Waals surface area contributed by atoms with Crippen molar-refractivity contribution in [2.75, 3.05) is 0 Å². The highest BCUT2D eigenvalue weighted by Crippen LogP contribution is 2.17. The van der Waals surface area contributed by atoms with Crippen LogP contribution in [0, 0.1) is 5.82 Å². The van der Waals surface area contributed by atoms with E-state index in [2.05, 4.69) is 15.8 Å². The van der Waals surface area contributed by atoms with Gasteiger partial charge in [0.2, 0.25) is 0 Å². The number of carbonyl (C=O) groups is 2. The van der Waals surface area contributed by atoms with Gasteiger partial charge in [-0.25, -0.2) is 9.82 Å². The number of amides is 2. The van der Waals surface area contributed by atoms with Crippen LogP contribution in [0.2, 0.25) is 0 Å². The van der Waals surface area contributed by atoms with Crippen LogP contribution in [0.25, 0.3) is 0 Å². The van der Waals surface area contributed by atoms with Crippen molar-refractivity contribution in [2.45, 2.75) is 32.9 Å². The zero-order chi connectivity index (χ0) is 19.6. The molecule has 0 aliphatic carbocycles. The molecule has 2 rings (SSSR count). The Morgan fingerprint density at radius 2 is 1.96 bits per heavy atom. The lowest BCUT2D eigenvalue weighted by Gasteiger charge is -2.10. The second-order valence-corrected chi connectivity index (χ2v) is 5.94. The van der Waals surface area contributed by atoms with Gasteiger partial charge in [-0.05, 0) is 43.2 Å². The number of halogens is 1. The van der Waals surface area contributed by atoms with E-state index in [1.807, 2.05) is 6.92 Å². The lowest BCUT2D eigenvalue weighted by Crippen LogP contribution is -2.41. The largest absolute Gasteiger partial charge is 0.488 e. The predicted molar refractivity (Wildman–Crippen MR) is 101 cm³/mol. The Hall–Kier alpha value is -3.22. The van der Waals surface area contributed by atoms with Gasteiger partial charge >= 0.3 is 11.8 Å². The fourth-order valence-corrected chi connectivity index (χ4v) is 2.11. The molecule has 142 valence electrons. The van der Waals surface area contributed by atoms with Crippen molar-refractivity contribution < 1.29 is 18.7 Å². The van der Waals surface area contributed by atoms with Crippen LogP contribution in [0.1, 0.15) is 31.4 Å². The minimum absolute atomic E-state index is 0.0934.